The fourth-order valence-corrected chi connectivity index (χ4v) is 1.48. The van der Waals surface area contributed by atoms with Gasteiger partial charge in [-0.3, -0.25) is 0 Å². The molecular formula is C16H17N3O2. The van der Waals surface area contributed by atoms with Crippen molar-refractivity contribution in [2.45, 2.75) is 0 Å². The Labute approximate surface area is 123 Å². The molecule has 0 fully saturated rings. The predicted octanol–water partition coefficient (Wildman–Crippen LogP) is 2.63. The molecule has 0 aromatic heterocycles. The number of carbonyl (C=O) groups is 1. The van der Waals surface area contributed by atoms with Gasteiger partial charge in [-0.25, -0.2) is 4.79 Å². The molecule has 21 heavy (non-hydrogen) atoms. The van der Waals surface area contributed by atoms with E-state index in [1.807, 2.05) is 55.4 Å². The Morgan fingerprint density at radius 1 is 1.19 bits per heavy atom. The van der Waals surface area contributed by atoms with Crippen LogP contribution in [0.15, 0.2) is 54.6 Å². The third-order valence-corrected chi connectivity index (χ3v) is 2.59. The van der Waals surface area contributed by atoms with Crippen molar-refractivity contribution in [3.63, 3.8) is 0 Å². The molecule has 2 rings (SSSR count). The molecule has 5 heteroatoms. The number of carboxylic acid groups (broad SMARTS) is 1. The number of rotatable bonds is 3. The van der Waals surface area contributed by atoms with Gasteiger partial charge in [0.1, 0.15) is 0 Å². The second kappa shape index (κ2) is 8.30. The van der Waals surface area contributed by atoms with Crippen LogP contribution in [0.2, 0.25) is 0 Å². The van der Waals surface area contributed by atoms with Gasteiger partial charge in [0.15, 0.2) is 0 Å². The van der Waals surface area contributed by atoms with E-state index < -0.39 is 5.97 Å². The number of hydrogen-bond acceptors (Lipinski definition) is 2. The summed E-state index contributed by atoms with van der Waals surface area (Å²) in [6.45, 7) is 0. The summed E-state index contributed by atoms with van der Waals surface area (Å²) in [7, 11) is 3.92. The molecule has 0 spiro atoms. The van der Waals surface area contributed by atoms with E-state index in [0.717, 1.165) is 17.3 Å². The highest BCUT2D eigenvalue weighted by molar-refractivity contribution is 6.02. The fraction of sp³-hybridized carbons (Fsp3) is 0.125. The van der Waals surface area contributed by atoms with Crippen LogP contribution in [-0.2, 0) is 4.79 Å². The molecular weight excluding hydrogens is 266 g/mol. The SMILES string of the molecule is CN(C)c1ccc(/C=C/C(=O)O)cc1.[N-]=[N+]=C1C=CC=C1. The van der Waals surface area contributed by atoms with Gasteiger partial charge >= 0.3 is 11.7 Å². The first kappa shape index (κ1) is 16.1. The third kappa shape index (κ3) is 6.18. The van der Waals surface area contributed by atoms with E-state index in [4.69, 9.17) is 10.6 Å². The van der Waals surface area contributed by atoms with Gasteiger partial charge in [0.05, 0.1) is 0 Å². The second-order valence-corrected chi connectivity index (χ2v) is 4.40. The minimum absolute atomic E-state index is 0.611. The van der Waals surface area contributed by atoms with Gasteiger partial charge in [0.2, 0.25) is 0 Å². The monoisotopic (exact) mass is 283 g/mol. The zero-order valence-electron chi connectivity index (χ0n) is 12.0. The average Bonchev–Trinajstić information content (AvgIpc) is 2.99. The Bertz CT molecular complexity index is 605. The number of nitrogens with zero attached hydrogens (tertiary/aromatic N) is 3. The molecule has 1 aromatic rings. The van der Waals surface area contributed by atoms with Crippen LogP contribution in [0.25, 0.3) is 11.6 Å². The molecule has 0 radical (unpaired) electrons. The van der Waals surface area contributed by atoms with Crippen molar-refractivity contribution in [2.75, 3.05) is 19.0 Å². The van der Waals surface area contributed by atoms with Crippen LogP contribution in [0.1, 0.15) is 5.56 Å². The Morgan fingerprint density at radius 3 is 2.14 bits per heavy atom. The third-order valence-electron chi connectivity index (χ3n) is 2.59. The Kier molecular flexibility index (Phi) is 6.38. The fourth-order valence-electron chi connectivity index (χ4n) is 1.48. The lowest BCUT2D eigenvalue weighted by Crippen LogP contribution is -2.07. The molecule has 1 aromatic carbocycles. The summed E-state index contributed by atoms with van der Waals surface area (Å²) in [5.41, 5.74) is 10.6. The molecule has 0 heterocycles. The van der Waals surface area contributed by atoms with Crippen LogP contribution in [0, 0.1) is 0 Å². The Balaban J connectivity index is 0.000000262. The summed E-state index contributed by atoms with van der Waals surface area (Å²) in [6.07, 6.45) is 9.77. The van der Waals surface area contributed by atoms with Crippen molar-refractivity contribution >= 4 is 23.4 Å². The van der Waals surface area contributed by atoms with Crippen molar-refractivity contribution in [2.24, 2.45) is 0 Å². The summed E-state index contributed by atoms with van der Waals surface area (Å²) < 4.78 is 0. The van der Waals surface area contributed by atoms with E-state index in [1.165, 1.54) is 0 Å². The maximum atomic E-state index is 10.3. The maximum absolute atomic E-state index is 10.3. The minimum Gasteiger partial charge on any atom is -0.478 e. The first-order valence-corrected chi connectivity index (χ1v) is 6.28. The molecule has 1 N–H and O–H groups in total. The van der Waals surface area contributed by atoms with Gasteiger partial charge in [-0.1, -0.05) is 24.3 Å². The van der Waals surface area contributed by atoms with E-state index in [-0.39, 0.29) is 0 Å². The normalized spacial score (nSPS) is 12.0. The van der Waals surface area contributed by atoms with Crippen LogP contribution in [0.5, 0.6) is 0 Å². The van der Waals surface area contributed by atoms with Gasteiger partial charge in [-0.15, -0.1) is 0 Å². The molecule has 1 aliphatic carbocycles. The molecule has 0 atom stereocenters. The number of benzene rings is 1. The zero-order valence-corrected chi connectivity index (χ0v) is 12.0. The van der Waals surface area contributed by atoms with E-state index in [0.29, 0.717) is 5.71 Å². The van der Waals surface area contributed by atoms with Crippen LogP contribution in [0.3, 0.4) is 0 Å². The Morgan fingerprint density at radius 2 is 1.76 bits per heavy atom. The van der Waals surface area contributed by atoms with Crippen molar-refractivity contribution in [3.05, 3.63) is 65.7 Å². The molecule has 1 aliphatic rings. The summed E-state index contributed by atoms with van der Waals surface area (Å²) in [6, 6.07) is 7.66. The van der Waals surface area contributed by atoms with Gasteiger partial charge in [-0.05, 0) is 23.8 Å². The highest BCUT2D eigenvalue weighted by Crippen LogP contribution is 2.12. The summed E-state index contributed by atoms with van der Waals surface area (Å²) >= 11 is 0. The standard InChI is InChI=1S/C11H13NO2.C5H4N2/c1-12(2)10-6-3-9(4-7-10)5-8-11(13)14;6-7-5-3-1-2-4-5/h3-8H,1-2H3,(H,13,14);1-4H/b8-5+;. The summed E-state index contributed by atoms with van der Waals surface area (Å²) in [5, 5.41) is 8.42. The Hall–Kier alpha value is -2.91. The molecule has 0 amide bonds. The topological polar surface area (TPSA) is 76.9 Å². The minimum atomic E-state index is -0.929. The molecule has 0 unspecified atom stereocenters. The van der Waals surface area contributed by atoms with Crippen LogP contribution < -0.4 is 4.90 Å². The van der Waals surface area contributed by atoms with Gasteiger partial charge in [0.25, 0.3) is 0 Å². The number of hydrogen-bond donors (Lipinski definition) is 1. The van der Waals surface area contributed by atoms with E-state index in [2.05, 4.69) is 4.79 Å². The van der Waals surface area contributed by atoms with Crippen LogP contribution in [0.4, 0.5) is 5.69 Å². The number of aliphatic carboxylic acids is 1. The second-order valence-electron chi connectivity index (χ2n) is 4.40. The smallest absolute Gasteiger partial charge is 0.328 e. The number of allylic oxidation sites excluding steroid dienone is 4. The first-order chi connectivity index (χ1) is 10.0. The quantitative estimate of drug-likeness (QED) is 0.526. The summed E-state index contributed by atoms with van der Waals surface area (Å²) in [4.78, 5) is 15.2. The highest BCUT2D eigenvalue weighted by Gasteiger charge is 1.97. The lowest BCUT2D eigenvalue weighted by atomic mass is 10.2. The van der Waals surface area contributed by atoms with Crippen LogP contribution >= 0.6 is 0 Å². The van der Waals surface area contributed by atoms with Gasteiger partial charge < -0.3 is 15.5 Å². The molecule has 5 nitrogen and oxygen atoms in total. The van der Waals surface area contributed by atoms with Crippen molar-refractivity contribution in [1.29, 1.82) is 0 Å². The van der Waals surface area contributed by atoms with Gasteiger partial charge in [0, 0.05) is 38.0 Å². The van der Waals surface area contributed by atoms with Crippen molar-refractivity contribution < 1.29 is 14.7 Å². The lowest BCUT2D eigenvalue weighted by Gasteiger charge is -2.11. The van der Waals surface area contributed by atoms with E-state index >= 15 is 0 Å². The average molecular weight is 283 g/mol. The van der Waals surface area contributed by atoms with Gasteiger partial charge in [-0.2, -0.15) is 4.79 Å². The molecule has 108 valence electrons. The molecule has 0 saturated carbocycles. The van der Waals surface area contributed by atoms with Crippen molar-refractivity contribution in [3.8, 4) is 0 Å². The molecule has 0 bridgehead atoms. The number of anilines is 1. The van der Waals surface area contributed by atoms with E-state index in [9.17, 15) is 4.79 Å². The predicted molar refractivity (Wildman–Crippen MR) is 84.3 cm³/mol. The highest BCUT2D eigenvalue weighted by atomic mass is 16.4. The van der Waals surface area contributed by atoms with Crippen molar-refractivity contribution in [1.82, 2.24) is 0 Å². The number of carboxylic acids is 1. The lowest BCUT2D eigenvalue weighted by molar-refractivity contribution is -0.131. The van der Waals surface area contributed by atoms with E-state index in [1.54, 1.807) is 18.2 Å². The molecule has 0 aliphatic heterocycles. The molecule has 0 saturated heterocycles. The maximum Gasteiger partial charge on any atom is 0.328 e. The zero-order chi connectivity index (χ0) is 15.7. The largest absolute Gasteiger partial charge is 0.478 e. The van der Waals surface area contributed by atoms with Crippen LogP contribution in [-0.4, -0.2) is 35.7 Å². The first-order valence-electron chi connectivity index (χ1n) is 6.28. The summed E-state index contributed by atoms with van der Waals surface area (Å²) in [5.74, 6) is -0.929.